The standard InChI is InChI=1S/C16H28O/c1-2-3-4-5-6-7-8-9-10-11-12-13-14-15-16-17/h6-7,9-10,16H,2-5,8,11-15H2,1H3/b7-6?,10-9-. The Kier molecular flexibility index (Phi) is 14.4. The number of unbranched alkanes of at least 4 members (excludes halogenated alkanes) is 7. The Morgan fingerprint density at radius 1 is 0.706 bits per heavy atom. The van der Waals surface area contributed by atoms with Gasteiger partial charge < -0.3 is 4.79 Å². The number of hydrogen-bond donors (Lipinski definition) is 0. The van der Waals surface area contributed by atoms with Crippen LogP contribution in [0.3, 0.4) is 0 Å². The SMILES string of the molecule is CCCCCC=CC/C=C\CCCCCC=O. The van der Waals surface area contributed by atoms with Gasteiger partial charge in [-0.1, -0.05) is 50.5 Å². The minimum Gasteiger partial charge on any atom is -0.303 e. The summed E-state index contributed by atoms with van der Waals surface area (Å²) < 4.78 is 0. The van der Waals surface area contributed by atoms with E-state index < -0.39 is 0 Å². The van der Waals surface area contributed by atoms with Gasteiger partial charge in [0.05, 0.1) is 0 Å². The maximum atomic E-state index is 10.1. The highest BCUT2D eigenvalue weighted by Crippen LogP contribution is 2.03. The van der Waals surface area contributed by atoms with Crippen LogP contribution in [0.5, 0.6) is 0 Å². The lowest BCUT2D eigenvalue weighted by atomic mass is 10.1. The van der Waals surface area contributed by atoms with Crippen LogP contribution in [0.15, 0.2) is 24.3 Å². The van der Waals surface area contributed by atoms with E-state index in [-0.39, 0.29) is 0 Å². The van der Waals surface area contributed by atoms with E-state index in [2.05, 4.69) is 31.2 Å². The van der Waals surface area contributed by atoms with Gasteiger partial charge in [0.1, 0.15) is 6.29 Å². The van der Waals surface area contributed by atoms with E-state index in [1.807, 2.05) is 0 Å². The van der Waals surface area contributed by atoms with Crippen LogP contribution in [-0.2, 0) is 4.79 Å². The smallest absolute Gasteiger partial charge is 0.119 e. The number of hydrogen-bond acceptors (Lipinski definition) is 1. The van der Waals surface area contributed by atoms with Gasteiger partial charge >= 0.3 is 0 Å². The third-order valence-electron chi connectivity index (χ3n) is 2.77. The Bertz CT molecular complexity index is 204. The molecule has 0 saturated heterocycles. The fourth-order valence-corrected chi connectivity index (χ4v) is 1.69. The summed E-state index contributed by atoms with van der Waals surface area (Å²) >= 11 is 0. The van der Waals surface area contributed by atoms with Crippen molar-refractivity contribution < 1.29 is 4.79 Å². The number of carbonyl (C=O) groups is 1. The van der Waals surface area contributed by atoms with Crippen LogP contribution in [0, 0.1) is 0 Å². The Morgan fingerprint density at radius 3 is 1.88 bits per heavy atom. The van der Waals surface area contributed by atoms with Crippen molar-refractivity contribution >= 4 is 6.29 Å². The molecule has 0 radical (unpaired) electrons. The van der Waals surface area contributed by atoms with Crippen LogP contribution in [0.25, 0.3) is 0 Å². The second-order valence-corrected chi connectivity index (χ2v) is 4.48. The van der Waals surface area contributed by atoms with Crippen LogP contribution < -0.4 is 0 Å². The van der Waals surface area contributed by atoms with Crippen molar-refractivity contribution in [1.29, 1.82) is 0 Å². The average molecular weight is 236 g/mol. The molecule has 0 aromatic rings. The minimum atomic E-state index is 0.726. The highest BCUT2D eigenvalue weighted by atomic mass is 16.1. The van der Waals surface area contributed by atoms with Crippen molar-refractivity contribution in [3.63, 3.8) is 0 Å². The summed E-state index contributed by atoms with van der Waals surface area (Å²) in [6, 6.07) is 0. The highest BCUT2D eigenvalue weighted by molar-refractivity contribution is 5.48. The summed E-state index contributed by atoms with van der Waals surface area (Å²) in [5, 5.41) is 0. The molecule has 17 heavy (non-hydrogen) atoms. The van der Waals surface area contributed by atoms with Crippen molar-refractivity contribution in [1.82, 2.24) is 0 Å². The van der Waals surface area contributed by atoms with Gasteiger partial charge in [0, 0.05) is 6.42 Å². The molecule has 0 unspecified atom stereocenters. The predicted molar refractivity (Wildman–Crippen MR) is 76.2 cm³/mol. The van der Waals surface area contributed by atoms with Gasteiger partial charge in [-0.05, 0) is 38.5 Å². The molecule has 0 spiro atoms. The highest BCUT2D eigenvalue weighted by Gasteiger charge is 1.86. The zero-order valence-electron chi connectivity index (χ0n) is 11.4. The van der Waals surface area contributed by atoms with E-state index in [1.165, 1.54) is 38.5 Å². The lowest BCUT2D eigenvalue weighted by Gasteiger charge is -1.93. The van der Waals surface area contributed by atoms with E-state index in [9.17, 15) is 4.79 Å². The summed E-state index contributed by atoms with van der Waals surface area (Å²) in [6.45, 7) is 2.24. The lowest BCUT2D eigenvalue weighted by molar-refractivity contribution is -0.107. The van der Waals surface area contributed by atoms with Crippen molar-refractivity contribution in [3.8, 4) is 0 Å². The molecule has 0 saturated carbocycles. The quantitative estimate of drug-likeness (QED) is 0.258. The first-order chi connectivity index (χ1) is 8.41. The lowest BCUT2D eigenvalue weighted by Crippen LogP contribution is -1.77. The Labute approximate surface area is 107 Å². The molecule has 0 amide bonds. The normalized spacial score (nSPS) is 11.6. The minimum absolute atomic E-state index is 0.726. The molecule has 0 fully saturated rings. The van der Waals surface area contributed by atoms with Crippen LogP contribution in [-0.4, -0.2) is 6.29 Å². The maximum Gasteiger partial charge on any atom is 0.119 e. The van der Waals surface area contributed by atoms with Crippen molar-refractivity contribution in [3.05, 3.63) is 24.3 Å². The van der Waals surface area contributed by atoms with Gasteiger partial charge in [0.2, 0.25) is 0 Å². The third-order valence-corrected chi connectivity index (χ3v) is 2.77. The summed E-state index contributed by atoms with van der Waals surface area (Å²) in [5.74, 6) is 0. The van der Waals surface area contributed by atoms with Crippen LogP contribution in [0.1, 0.15) is 71.1 Å². The van der Waals surface area contributed by atoms with Gasteiger partial charge in [0.15, 0.2) is 0 Å². The first-order valence-electron chi connectivity index (χ1n) is 7.15. The third kappa shape index (κ3) is 15.1. The molecule has 0 heterocycles. The predicted octanol–water partition coefficient (Wildman–Crippen LogP) is 5.22. The molecule has 0 aromatic heterocycles. The van der Waals surface area contributed by atoms with E-state index >= 15 is 0 Å². The molecular formula is C16H28O. The zero-order valence-corrected chi connectivity index (χ0v) is 11.4. The molecule has 0 rings (SSSR count). The molecule has 0 aromatic carbocycles. The number of aldehydes is 1. The molecule has 0 bridgehead atoms. The molecule has 0 N–H and O–H groups in total. The first-order valence-corrected chi connectivity index (χ1v) is 7.15. The zero-order chi connectivity index (χ0) is 12.6. The van der Waals surface area contributed by atoms with E-state index in [4.69, 9.17) is 0 Å². The van der Waals surface area contributed by atoms with Crippen LogP contribution in [0.2, 0.25) is 0 Å². The van der Waals surface area contributed by atoms with Gasteiger partial charge in [-0.2, -0.15) is 0 Å². The fourth-order valence-electron chi connectivity index (χ4n) is 1.69. The van der Waals surface area contributed by atoms with Gasteiger partial charge in [-0.25, -0.2) is 0 Å². The van der Waals surface area contributed by atoms with E-state index in [1.54, 1.807) is 0 Å². The van der Waals surface area contributed by atoms with Crippen molar-refractivity contribution in [2.24, 2.45) is 0 Å². The molecule has 1 heteroatoms. The number of carbonyl (C=O) groups excluding carboxylic acids is 1. The largest absolute Gasteiger partial charge is 0.303 e. The molecule has 0 aliphatic rings. The molecule has 0 aliphatic carbocycles. The van der Waals surface area contributed by atoms with Gasteiger partial charge in [0.25, 0.3) is 0 Å². The van der Waals surface area contributed by atoms with Crippen LogP contribution in [0.4, 0.5) is 0 Å². The van der Waals surface area contributed by atoms with Crippen LogP contribution >= 0.6 is 0 Å². The maximum absolute atomic E-state index is 10.1. The molecular weight excluding hydrogens is 208 g/mol. The second-order valence-electron chi connectivity index (χ2n) is 4.48. The summed E-state index contributed by atoms with van der Waals surface area (Å²) in [7, 11) is 0. The molecule has 98 valence electrons. The Balaban J connectivity index is 3.16. The van der Waals surface area contributed by atoms with Crippen molar-refractivity contribution in [2.75, 3.05) is 0 Å². The summed E-state index contributed by atoms with van der Waals surface area (Å²) in [4.78, 5) is 10.1. The average Bonchev–Trinajstić information content (AvgIpc) is 2.35. The van der Waals surface area contributed by atoms with Gasteiger partial charge in [-0.3, -0.25) is 0 Å². The molecule has 1 nitrogen and oxygen atoms in total. The van der Waals surface area contributed by atoms with Crippen molar-refractivity contribution in [2.45, 2.75) is 71.1 Å². The Hall–Kier alpha value is -0.850. The van der Waals surface area contributed by atoms with Gasteiger partial charge in [-0.15, -0.1) is 0 Å². The molecule has 0 atom stereocenters. The van der Waals surface area contributed by atoms with E-state index in [0.717, 1.165) is 32.0 Å². The molecule has 0 aliphatic heterocycles. The number of allylic oxidation sites excluding steroid dienone is 4. The summed E-state index contributed by atoms with van der Waals surface area (Å²) in [6.07, 6.45) is 21.7. The Morgan fingerprint density at radius 2 is 1.29 bits per heavy atom. The second kappa shape index (κ2) is 15.1. The van der Waals surface area contributed by atoms with E-state index in [0.29, 0.717) is 0 Å². The monoisotopic (exact) mass is 236 g/mol. The summed E-state index contributed by atoms with van der Waals surface area (Å²) in [5.41, 5.74) is 0. The number of rotatable bonds is 12. The fraction of sp³-hybridized carbons (Fsp3) is 0.688. The first kappa shape index (κ1) is 16.1. The topological polar surface area (TPSA) is 17.1 Å².